The maximum absolute atomic E-state index is 13.7. The van der Waals surface area contributed by atoms with Crippen LogP contribution in [0.2, 0.25) is 0 Å². The van der Waals surface area contributed by atoms with Crippen LogP contribution >= 0.6 is 11.8 Å². The van der Waals surface area contributed by atoms with Gasteiger partial charge >= 0.3 is 6.61 Å². The van der Waals surface area contributed by atoms with Gasteiger partial charge in [-0.2, -0.15) is 8.78 Å². The Balaban J connectivity index is 1.43. The zero-order valence-electron chi connectivity index (χ0n) is 19.8. The molecule has 1 aliphatic heterocycles. The second-order valence-corrected chi connectivity index (χ2v) is 9.98. The van der Waals surface area contributed by atoms with E-state index < -0.39 is 11.9 Å². The average molecular weight is 522 g/mol. The molecule has 3 aromatic carbocycles. The minimum Gasteiger partial charge on any atom is -0.435 e. The standard InChI is InChI=1S/C28H25F2N3O3S/c29-27(30)36-21-15-13-20(14-16-21)32-28-33(23-12-6-8-18-7-4-5-11-22(18)23)26(35)24(37-28)17-25(34)31-19-9-2-1-3-10-19/h1-5,7,9-11,13-16,23-24,27H,6,8,12,17H2,(H,31,34)/t23-,24-/m1/s1. The number of para-hydroxylation sites is 1. The third-order valence-corrected chi connectivity index (χ3v) is 7.48. The highest BCUT2D eigenvalue weighted by atomic mass is 32.2. The molecule has 6 nitrogen and oxygen atoms in total. The van der Waals surface area contributed by atoms with E-state index in [4.69, 9.17) is 4.99 Å². The van der Waals surface area contributed by atoms with E-state index in [9.17, 15) is 18.4 Å². The number of fused-ring (bicyclic) bond motifs is 1. The number of anilines is 1. The summed E-state index contributed by atoms with van der Waals surface area (Å²) >= 11 is 1.26. The van der Waals surface area contributed by atoms with Gasteiger partial charge in [-0.3, -0.25) is 14.5 Å². The second kappa shape index (κ2) is 11.1. The Bertz CT molecular complexity index is 1300. The first-order chi connectivity index (χ1) is 18.0. The SMILES string of the molecule is O=C(C[C@H]1SC(=Nc2ccc(OC(F)F)cc2)N([C@@H]2CCCc3ccccc32)C1=O)Nc1ccccc1. The van der Waals surface area contributed by atoms with Crippen LogP contribution in [-0.2, 0) is 16.0 Å². The molecule has 0 saturated carbocycles. The summed E-state index contributed by atoms with van der Waals surface area (Å²) in [6.07, 6.45) is 2.67. The summed E-state index contributed by atoms with van der Waals surface area (Å²) in [7, 11) is 0. The molecular formula is C28H25F2N3O3S. The van der Waals surface area contributed by atoms with Gasteiger partial charge in [-0.05, 0) is 66.8 Å². The van der Waals surface area contributed by atoms with Gasteiger partial charge in [0.2, 0.25) is 11.8 Å². The Hall–Kier alpha value is -3.72. The van der Waals surface area contributed by atoms with Crippen molar-refractivity contribution in [3.05, 3.63) is 90.0 Å². The van der Waals surface area contributed by atoms with Crippen LogP contribution in [0.5, 0.6) is 5.75 Å². The van der Waals surface area contributed by atoms with Gasteiger partial charge in [0.15, 0.2) is 5.17 Å². The molecule has 0 radical (unpaired) electrons. The van der Waals surface area contributed by atoms with E-state index in [1.807, 2.05) is 36.4 Å². The smallest absolute Gasteiger partial charge is 0.387 e. The molecule has 1 heterocycles. The highest BCUT2D eigenvalue weighted by molar-refractivity contribution is 8.15. The number of hydrogen-bond acceptors (Lipinski definition) is 5. The van der Waals surface area contributed by atoms with Gasteiger partial charge in [-0.1, -0.05) is 54.2 Å². The molecule has 1 N–H and O–H groups in total. The van der Waals surface area contributed by atoms with Crippen molar-refractivity contribution < 1.29 is 23.1 Å². The Kier molecular flexibility index (Phi) is 7.50. The highest BCUT2D eigenvalue weighted by Crippen LogP contribution is 2.42. The number of nitrogens with zero attached hydrogens (tertiary/aromatic N) is 2. The van der Waals surface area contributed by atoms with E-state index in [1.54, 1.807) is 29.2 Å². The van der Waals surface area contributed by atoms with Crippen molar-refractivity contribution in [2.75, 3.05) is 5.32 Å². The minimum absolute atomic E-state index is 0.00342. The number of halogens is 2. The van der Waals surface area contributed by atoms with Crippen LogP contribution < -0.4 is 10.1 Å². The number of nitrogens with one attached hydrogen (secondary N) is 1. The van der Waals surface area contributed by atoms with E-state index >= 15 is 0 Å². The average Bonchev–Trinajstić information content (AvgIpc) is 3.19. The van der Waals surface area contributed by atoms with Crippen molar-refractivity contribution in [3.8, 4) is 5.75 Å². The van der Waals surface area contributed by atoms with Crippen molar-refractivity contribution >= 4 is 40.1 Å². The minimum atomic E-state index is -2.91. The summed E-state index contributed by atoms with van der Waals surface area (Å²) in [4.78, 5) is 32.9. The fourth-order valence-corrected chi connectivity index (χ4v) is 5.88. The molecule has 2 aliphatic rings. The lowest BCUT2D eigenvalue weighted by Crippen LogP contribution is -2.38. The molecule has 1 aliphatic carbocycles. The van der Waals surface area contributed by atoms with E-state index in [0.717, 1.165) is 24.8 Å². The number of aryl methyl sites for hydroxylation is 1. The molecule has 0 unspecified atom stereocenters. The van der Waals surface area contributed by atoms with Gasteiger partial charge in [0, 0.05) is 12.1 Å². The number of rotatable bonds is 7. The number of alkyl halides is 2. The van der Waals surface area contributed by atoms with Gasteiger partial charge < -0.3 is 10.1 Å². The maximum Gasteiger partial charge on any atom is 0.387 e. The van der Waals surface area contributed by atoms with Crippen molar-refractivity contribution in [1.82, 2.24) is 4.90 Å². The zero-order valence-corrected chi connectivity index (χ0v) is 20.7. The van der Waals surface area contributed by atoms with E-state index in [0.29, 0.717) is 16.5 Å². The molecule has 0 aromatic heterocycles. The number of benzene rings is 3. The summed E-state index contributed by atoms with van der Waals surface area (Å²) in [6.45, 7) is -2.91. The van der Waals surface area contributed by atoms with Gasteiger partial charge in [-0.25, -0.2) is 4.99 Å². The van der Waals surface area contributed by atoms with E-state index in [2.05, 4.69) is 16.1 Å². The fourth-order valence-electron chi connectivity index (χ4n) is 4.69. The lowest BCUT2D eigenvalue weighted by atomic mass is 9.87. The van der Waals surface area contributed by atoms with Gasteiger partial charge in [-0.15, -0.1) is 0 Å². The van der Waals surface area contributed by atoms with Crippen LogP contribution in [-0.4, -0.2) is 33.7 Å². The molecule has 1 saturated heterocycles. The van der Waals surface area contributed by atoms with Crippen molar-refractivity contribution in [2.24, 2.45) is 4.99 Å². The summed E-state index contributed by atoms with van der Waals surface area (Å²) < 4.78 is 29.5. The number of amides is 2. The number of carbonyl (C=O) groups excluding carboxylic acids is 2. The van der Waals surface area contributed by atoms with Crippen LogP contribution in [0.15, 0.2) is 83.9 Å². The molecule has 2 amide bonds. The summed E-state index contributed by atoms with van der Waals surface area (Å²) in [5.41, 5.74) is 3.46. The molecule has 9 heteroatoms. The van der Waals surface area contributed by atoms with Crippen LogP contribution in [0.1, 0.15) is 36.4 Å². The summed E-state index contributed by atoms with van der Waals surface area (Å²) in [5, 5.41) is 2.71. The molecule has 3 aromatic rings. The van der Waals surface area contributed by atoms with E-state index in [-0.39, 0.29) is 30.0 Å². The number of thioether (sulfide) groups is 1. The monoisotopic (exact) mass is 521 g/mol. The largest absolute Gasteiger partial charge is 0.435 e. The molecule has 0 spiro atoms. The van der Waals surface area contributed by atoms with Gasteiger partial charge in [0.25, 0.3) is 0 Å². The Labute approximate surface area is 217 Å². The van der Waals surface area contributed by atoms with Crippen molar-refractivity contribution in [3.63, 3.8) is 0 Å². The van der Waals surface area contributed by atoms with Gasteiger partial charge in [0.1, 0.15) is 11.0 Å². The first kappa shape index (κ1) is 25.0. The molecule has 5 rings (SSSR count). The zero-order chi connectivity index (χ0) is 25.8. The summed E-state index contributed by atoms with van der Waals surface area (Å²) in [5.74, 6) is -0.385. The summed E-state index contributed by atoms with van der Waals surface area (Å²) in [6, 6.07) is 23.0. The molecule has 37 heavy (non-hydrogen) atoms. The molecular weight excluding hydrogens is 496 g/mol. The topological polar surface area (TPSA) is 71.0 Å². The maximum atomic E-state index is 13.7. The van der Waals surface area contributed by atoms with Crippen molar-refractivity contribution in [2.45, 2.75) is 43.6 Å². The normalized spacial score (nSPS) is 20.2. The van der Waals surface area contributed by atoms with Crippen LogP contribution in [0.25, 0.3) is 0 Å². The molecule has 2 atom stereocenters. The van der Waals surface area contributed by atoms with Crippen molar-refractivity contribution in [1.29, 1.82) is 0 Å². The Morgan fingerprint density at radius 2 is 1.78 bits per heavy atom. The third-order valence-electron chi connectivity index (χ3n) is 6.33. The second-order valence-electron chi connectivity index (χ2n) is 8.81. The molecule has 1 fully saturated rings. The first-order valence-electron chi connectivity index (χ1n) is 12.0. The third kappa shape index (κ3) is 5.83. The lowest BCUT2D eigenvalue weighted by Gasteiger charge is -2.33. The fraction of sp³-hybridized carbons (Fsp3) is 0.250. The Morgan fingerprint density at radius 3 is 2.54 bits per heavy atom. The highest BCUT2D eigenvalue weighted by Gasteiger charge is 2.44. The number of hydrogen-bond donors (Lipinski definition) is 1. The number of amidine groups is 1. The lowest BCUT2D eigenvalue weighted by molar-refractivity contribution is -0.129. The Morgan fingerprint density at radius 1 is 1.05 bits per heavy atom. The number of ether oxygens (including phenoxy) is 1. The van der Waals surface area contributed by atoms with E-state index in [1.165, 1.54) is 29.5 Å². The predicted octanol–water partition coefficient (Wildman–Crippen LogP) is 6.33. The molecule has 190 valence electrons. The quantitative estimate of drug-likeness (QED) is 0.395. The van der Waals surface area contributed by atoms with Crippen LogP contribution in [0, 0.1) is 0 Å². The first-order valence-corrected chi connectivity index (χ1v) is 12.9. The predicted molar refractivity (Wildman–Crippen MR) is 140 cm³/mol. The van der Waals surface area contributed by atoms with Crippen LogP contribution in [0.4, 0.5) is 20.2 Å². The van der Waals surface area contributed by atoms with Gasteiger partial charge in [0.05, 0.1) is 11.7 Å². The number of aliphatic imine (C=N–C) groups is 1. The molecule has 0 bridgehead atoms. The number of carbonyl (C=O) groups is 2. The van der Waals surface area contributed by atoms with Crippen LogP contribution in [0.3, 0.4) is 0 Å².